The highest BCUT2D eigenvalue weighted by Crippen LogP contribution is 2.23. The van der Waals surface area contributed by atoms with Crippen molar-refractivity contribution in [3.8, 4) is 11.3 Å². The van der Waals surface area contributed by atoms with Gasteiger partial charge in [-0.3, -0.25) is 4.79 Å². The molecule has 0 fully saturated rings. The molecule has 0 saturated carbocycles. The van der Waals surface area contributed by atoms with E-state index in [2.05, 4.69) is 5.32 Å². The Labute approximate surface area is 139 Å². The summed E-state index contributed by atoms with van der Waals surface area (Å²) in [5.74, 6) is 1.45. The lowest BCUT2D eigenvalue weighted by Gasteiger charge is -2.03. The van der Waals surface area contributed by atoms with Gasteiger partial charge in [-0.15, -0.1) is 0 Å². The van der Waals surface area contributed by atoms with Crippen molar-refractivity contribution in [3.63, 3.8) is 0 Å². The summed E-state index contributed by atoms with van der Waals surface area (Å²) in [5, 5.41) is 3.56. The van der Waals surface area contributed by atoms with E-state index < -0.39 is 0 Å². The highest BCUT2D eigenvalue weighted by molar-refractivity contribution is 6.30. The van der Waals surface area contributed by atoms with Crippen LogP contribution in [0.2, 0.25) is 5.02 Å². The van der Waals surface area contributed by atoms with E-state index in [4.69, 9.17) is 16.0 Å². The lowest BCUT2D eigenvalue weighted by Crippen LogP contribution is -2.24. The lowest BCUT2D eigenvalue weighted by molar-refractivity contribution is -0.120. The fourth-order valence-corrected chi connectivity index (χ4v) is 2.40. The van der Waals surface area contributed by atoms with Gasteiger partial charge in [0, 0.05) is 10.6 Å². The Morgan fingerprint density at radius 1 is 0.957 bits per heavy atom. The number of hydrogen-bond donors (Lipinski definition) is 1. The molecule has 0 aliphatic rings. The van der Waals surface area contributed by atoms with Crippen LogP contribution in [0.1, 0.15) is 11.3 Å². The Hall–Kier alpha value is -2.52. The topological polar surface area (TPSA) is 42.2 Å². The largest absolute Gasteiger partial charge is 0.459 e. The minimum Gasteiger partial charge on any atom is -0.459 e. The molecule has 0 aliphatic carbocycles. The minimum atomic E-state index is -0.0272. The third-order valence-electron chi connectivity index (χ3n) is 3.46. The number of hydrogen-bond acceptors (Lipinski definition) is 2. The van der Waals surface area contributed by atoms with Gasteiger partial charge in [0.05, 0.1) is 13.0 Å². The van der Waals surface area contributed by atoms with Crippen LogP contribution < -0.4 is 5.32 Å². The van der Waals surface area contributed by atoms with Crippen LogP contribution in [-0.4, -0.2) is 5.91 Å². The van der Waals surface area contributed by atoms with E-state index in [0.717, 1.165) is 22.6 Å². The minimum absolute atomic E-state index is 0.0272. The zero-order valence-corrected chi connectivity index (χ0v) is 13.2. The number of amides is 1. The van der Waals surface area contributed by atoms with E-state index in [0.29, 0.717) is 18.0 Å². The summed E-state index contributed by atoms with van der Waals surface area (Å²) in [7, 11) is 0. The van der Waals surface area contributed by atoms with Crippen LogP contribution in [0.5, 0.6) is 0 Å². The average molecular weight is 326 g/mol. The fraction of sp³-hybridized carbons (Fsp3) is 0.105. The SMILES string of the molecule is O=C(Cc1ccccc1)NCc1ccc(-c2ccc(Cl)cc2)o1. The fourth-order valence-electron chi connectivity index (χ4n) is 2.27. The zero-order chi connectivity index (χ0) is 16.1. The smallest absolute Gasteiger partial charge is 0.224 e. The van der Waals surface area contributed by atoms with Crippen LogP contribution in [-0.2, 0) is 17.8 Å². The summed E-state index contributed by atoms with van der Waals surface area (Å²) < 4.78 is 5.75. The summed E-state index contributed by atoms with van der Waals surface area (Å²) in [6.45, 7) is 0.374. The summed E-state index contributed by atoms with van der Waals surface area (Å²) in [6, 6.07) is 20.9. The highest BCUT2D eigenvalue weighted by atomic mass is 35.5. The van der Waals surface area contributed by atoms with Gasteiger partial charge in [0.2, 0.25) is 5.91 Å². The number of benzene rings is 2. The molecule has 116 valence electrons. The van der Waals surface area contributed by atoms with E-state index in [1.54, 1.807) is 0 Å². The Morgan fingerprint density at radius 3 is 2.43 bits per heavy atom. The Balaban J connectivity index is 1.57. The maximum Gasteiger partial charge on any atom is 0.224 e. The van der Waals surface area contributed by atoms with Crippen LogP contribution >= 0.6 is 11.6 Å². The molecule has 3 rings (SSSR count). The molecule has 0 unspecified atom stereocenters. The monoisotopic (exact) mass is 325 g/mol. The first-order chi connectivity index (χ1) is 11.2. The van der Waals surface area contributed by atoms with Crippen molar-refractivity contribution in [1.82, 2.24) is 5.32 Å². The maximum atomic E-state index is 11.9. The van der Waals surface area contributed by atoms with Gasteiger partial charge in [-0.1, -0.05) is 41.9 Å². The molecule has 0 bridgehead atoms. The first kappa shape index (κ1) is 15.4. The second-order valence-corrected chi connectivity index (χ2v) is 5.65. The van der Waals surface area contributed by atoms with Gasteiger partial charge in [-0.25, -0.2) is 0 Å². The third-order valence-corrected chi connectivity index (χ3v) is 3.71. The van der Waals surface area contributed by atoms with Crippen molar-refractivity contribution in [3.05, 3.63) is 83.1 Å². The lowest BCUT2D eigenvalue weighted by atomic mass is 10.1. The molecule has 0 spiro atoms. The van der Waals surface area contributed by atoms with Crippen molar-refractivity contribution in [2.24, 2.45) is 0 Å². The standard InChI is InChI=1S/C19H16ClNO2/c20-16-8-6-15(7-9-16)18-11-10-17(23-18)13-21-19(22)12-14-4-2-1-3-5-14/h1-11H,12-13H2,(H,21,22). The molecule has 1 amide bonds. The second-order valence-electron chi connectivity index (χ2n) is 5.21. The van der Waals surface area contributed by atoms with E-state index >= 15 is 0 Å². The molecule has 3 nitrogen and oxygen atoms in total. The summed E-state index contributed by atoms with van der Waals surface area (Å²) >= 11 is 5.88. The first-order valence-electron chi connectivity index (χ1n) is 7.36. The quantitative estimate of drug-likeness (QED) is 0.752. The third kappa shape index (κ3) is 4.24. The molecule has 1 aromatic heterocycles. The zero-order valence-electron chi connectivity index (χ0n) is 12.5. The van der Waals surface area contributed by atoms with Gasteiger partial charge in [0.25, 0.3) is 0 Å². The van der Waals surface area contributed by atoms with Crippen molar-refractivity contribution < 1.29 is 9.21 Å². The first-order valence-corrected chi connectivity index (χ1v) is 7.74. The molecular weight excluding hydrogens is 310 g/mol. The molecule has 2 aromatic carbocycles. The molecule has 1 N–H and O–H groups in total. The summed E-state index contributed by atoms with van der Waals surface area (Å²) in [4.78, 5) is 11.9. The molecule has 0 radical (unpaired) electrons. The number of nitrogens with one attached hydrogen (secondary N) is 1. The second kappa shape index (κ2) is 7.16. The molecular formula is C19H16ClNO2. The molecule has 0 saturated heterocycles. The Morgan fingerprint density at radius 2 is 1.70 bits per heavy atom. The molecule has 0 aliphatic heterocycles. The summed E-state index contributed by atoms with van der Waals surface area (Å²) in [5.41, 5.74) is 1.95. The number of rotatable bonds is 5. The van der Waals surface area contributed by atoms with Gasteiger partial charge >= 0.3 is 0 Å². The molecule has 3 aromatic rings. The van der Waals surface area contributed by atoms with Crippen LogP contribution in [0.25, 0.3) is 11.3 Å². The van der Waals surface area contributed by atoms with Crippen molar-refractivity contribution in [2.75, 3.05) is 0 Å². The van der Waals surface area contributed by atoms with Gasteiger partial charge in [0.15, 0.2) is 0 Å². The Kier molecular flexibility index (Phi) is 4.79. The van der Waals surface area contributed by atoms with Crippen LogP contribution in [0, 0.1) is 0 Å². The van der Waals surface area contributed by atoms with Crippen LogP contribution in [0.15, 0.2) is 71.1 Å². The summed E-state index contributed by atoms with van der Waals surface area (Å²) in [6.07, 6.45) is 0.367. The highest BCUT2D eigenvalue weighted by Gasteiger charge is 2.07. The molecule has 1 heterocycles. The van der Waals surface area contributed by atoms with E-state index in [-0.39, 0.29) is 5.91 Å². The van der Waals surface area contributed by atoms with E-state index in [9.17, 15) is 4.79 Å². The van der Waals surface area contributed by atoms with E-state index in [1.165, 1.54) is 0 Å². The number of carbonyl (C=O) groups is 1. The van der Waals surface area contributed by atoms with Crippen LogP contribution in [0.3, 0.4) is 0 Å². The predicted molar refractivity (Wildman–Crippen MR) is 91.1 cm³/mol. The molecule has 23 heavy (non-hydrogen) atoms. The number of halogens is 1. The number of carbonyl (C=O) groups excluding carboxylic acids is 1. The molecule has 0 atom stereocenters. The van der Waals surface area contributed by atoms with Crippen LogP contribution in [0.4, 0.5) is 0 Å². The van der Waals surface area contributed by atoms with Gasteiger partial charge in [0.1, 0.15) is 11.5 Å². The van der Waals surface area contributed by atoms with Crippen molar-refractivity contribution in [1.29, 1.82) is 0 Å². The molecule has 4 heteroatoms. The average Bonchev–Trinajstić information content (AvgIpc) is 3.04. The van der Waals surface area contributed by atoms with E-state index in [1.807, 2.05) is 66.7 Å². The number of furan rings is 1. The van der Waals surface area contributed by atoms with Crippen molar-refractivity contribution in [2.45, 2.75) is 13.0 Å². The van der Waals surface area contributed by atoms with Gasteiger partial charge in [-0.2, -0.15) is 0 Å². The van der Waals surface area contributed by atoms with Gasteiger partial charge < -0.3 is 9.73 Å². The van der Waals surface area contributed by atoms with Crippen molar-refractivity contribution >= 4 is 17.5 Å². The predicted octanol–water partition coefficient (Wildman–Crippen LogP) is 4.46. The Bertz CT molecular complexity index is 779. The normalized spacial score (nSPS) is 10.5. The maximum absolute atomic E-state index is 11.9. The van der Waals surface area contributed by atoms with Gasteiger partial charge in [-0.05, 0) is 42.0 Å².